The van der Waals surface area contributed by atoms with Gasteiger partial charge < -0.3 is 10.2 Å². The molecule has 0 radical (unpaired) electrons. The number of thiol groups is 1. The topological polar surface area (TPSA) is 59.4 Å². The molecule has 4 rings (SSSR count). The van der Waals surface area contributed by atoms with E-state index in [1.165, 1.54) is 16.5 Å². The zero-order chi connectivity index (χ0) is 24.0. The summed E-state index contributed by atoms with van der Waals surface area (Å²) in [6.07, 6.45) is -2.58. The van der Waals surface area contributed by atoms with Crippen molar-refractivity contribution in [2.24, 2.45) is 0 Å². The van der Waals surface area contributed by atoms with Crippen LogP contribution in [0.2, 0.25) is 0 Å². The van der Waals surface area contributed by atoms with Gasteiger partial charge in [-0.3, -0.25) is 9.69 Å². The van der Waals surface area contributed by atoms with E-state index in [9.17, 15) is 18.0 Å². The molecule has 0 aromatic heterocycles. The van der Waals surface area contributed by atoms with Crippen LogP contribution in [-0.2, 0) is 11.0 Å². The van der Waals surface area contributed by atoms with Gasteiger partial charge in [-0.05, 0) is 81.6 Å². The second kappa shape index (κ2) is 8.58. The van der Waals surface area contributed by atoms with E-state index >= 15 is 0 Å². The fraction of sp³-hybridized carbons (Fsp3) is 0.417. The van der Waals surface area contributed by atoms with Gasteiger partial charge in [0.25, 0.3) is 5.91 Å². The maximum absolute atomic E-state index is 13.5. The Bertz CT molecular complexity index is 1090. The van der Waals surface area contributed by atoms with Crippen LogP contribution < -0.4 is 15.1 Å². The summed E-state index contributed by atoms with van der Waals surface area (Å²) in [6, 6.07) is 12.9. The molecule has 0 spiro atoms. The molecule has 2 fully saturated rings. The van der Waals surface area contributed by atoms with E-state index in [1.54, 1.807) is 24.8 Å². The quantitative estimate of drug-likeness (QED) is 0.622. The molecule has 0 bridgehead atoms. The number of nitrogens with zero attached hydrogens (tertiary/aromatic N) is 3. The van der Waals surface area contributed by atoms with Gasteiger partial charge in [0.15, 0.2) is 5.50 Å². The number of halogens is 3. The lowest BCUT2D eigenvalue weighted by Crippen LogP contribution is -2.44. The molecular weight excluding hydrogens is 449 g/mol. The summed E-state index contributed by atoms with van der Waals surface area (Å²) in [6.45, 7) is 5.43. The summed E-state index contributed by atoms with van der Waals surface area (Å²) in [5.74, 6) is 0.110. The largest absolute Gasteiger partial charge is 0.417 e. The fourth-order valence-electron chi connectivity index (χ4n) is 4.69. The number of nitrogens with one attached hydrogen (secondary N) is 1. The molecule has 1 amide bonds. The van der Waals surface area contributed by atoms with E-state index in [2.05, 4.69) is 30.1 Å². The molecule has 2 aliphatic rings. The second-order valence-corrected chi connectivity index (χ2v) is 9.37. The molecule has 1 unspecified atom stereocenters. The monoisotopic (exact) mass is 474 g/mol. The van der Waals surface area contributed by atoms with E-state index in [-0.39, 0.29) is 11.6 Å². The van der Waals surface area contributed by atoms with Gasteiger partial charge in [-0.1, -0.05) is 12.1 Å². The third-order valence-corrected chi connectivity index (χ3v) is 6.96. The molecule has 2 aromatic rings. The van der Waals surface area contributed by atoms with E-state index in [0.29, 0.717) is 5.92 Å². The van der Waals surface area contributed by atoms with Crippen molar-refractivity contribution in [2.75, 3.05) is 22.9 Å². The lowest BCUT2D eigenvalue weighted by molar-refractivity contribution is -0.137. The molecule has 174 valence electrons. The van der Waals surface area contributed by atoms with Crippen molar-refractivity contribution in [2.45, 2.75) is 49.8 Å². The molecule has 0 saturated carbocycles. The first-order chi connectivity index (χ1) is 15.6. The SMILES string of the molecule is CC1(C)C(=O)N(c2ccc(C#N)c(C(F)(F)F)c2)C(S)N1c1ccc(C2CCNCC2)cc1. The molecule has 2 aromatic carbocycles. The van der Waals surface area contributed by atoms with Crippen LogP contribution in [0, 0.1) is 11.3 Å². The maximum Gasteiger partial charge on any atom is 0.417 e. The minimum atomic E-state index is -4.71. The number of nitriles is 1. The molecule has 5 nitrogen and oxygen atoms in total. The van der Waals surface area contributed by atoms with Gasteiger partial charge in [0.05, 0.1) is 17.2 Å². The normalized spacial score (nSPS) is 21.4. The predicted octanol–water partition coefficient (Wildman–Crippen LogP) is 4.89. The Morgan fingerprint density at radius 3 is 2.27 bits per heavy atom. The van der Waals surface area contributed by atoms with Gasteiger partial charge in [0.2, 0.25) is 0 Å². The number of benzene rings is 2. The van der Waals surface area contributed by atoms with E-state index in [1.807, 2.05) is 12.1 Å². The van der Waals surface area contributed by atoms with Crippen LogP contribution in [0.15, 0.2) is 42.5 Å². The van der Waals surface area contributed by atoms with Gasteiger partial charge in [-0.15, -0.1) is 12.6 Å². The van der Waals surface area contributed by atoms with Gasteiger partial charge in [0.1, 0.15) is 5.54 Å². The maximum atomic E-state index is 13.5. The molecule has 1 atom stereocenters. The summed E-state index contributed by atoms with van der Waals surface area (Å²) in [5, 5.41) is 12.4. The van der Waals surface area contributed by atoms with Crippen LogP contribution in [0.4, 0.5) is 24.5 Å². The smallest absolute Gasteiger partial charge is 0.328 e. The molecule has 0 aliphatic carbocycles. The van der Waals surface area contributed by atoms with E-state index in [4.69, 9.17) is 5.26 Å². The zero-order valence-corrected chi connectivity index (χ0v) is 19.3. The van der Waals surface area contributed by atoms with Crippen molar-refractivity contribution in [1.82, 2.24) is 5.32 Å². The highest BCUT2D eigenvalue weighted by Crippen LogP contribution is 2.42. The summed E-state index contributed by atoms with van der Waals surface area (Å²) >= 11 is 4.64. The highest BCUT2D eigenvalue weighted by molar-refractivity contribution is 7.81. The second-order valence-electron chi connectivity index (χ2n) is 8.91. The first kappa shape index (κ1) is 23.5. The minimum Gasteiger partial charge on any atom is -0.328 e. The third kappa shape index (κ3) is 4.18. The minimum absolute atomic E-state index is 0.0493. The standard InChI is InChI=1S/C24H25F3N4OS/c1-23(2)21(32)30(19-8-5-17(14-28)20(13-19)24(25,26)27)22(33)31(23)18-6-3-15(4-7-18)16-9-11-29-12-10-16/h3-8,13,16,22,29,33H,9-12H2,1-2H3. The molecule has 1 N–H and O–H groups in total. The van der Waals surface area contributed by atoms with Crippen LogP contribution in [-0.4, -0.2) is 30.0 Å². The molecule has 33 heavy (non-hydrogen) atoms. The fourth-order valence-corrected chi connectivity index (χ4v) is 5.35. The Morgan fingerprint density at radius 2 is 1.70 bits per heavy atom. The number of carbonyl (C=O) groups excluding carboxylic acids is 1. The van der Waals surface area contributed by atoms with Gasteiger partial charge in [0, 0.05) is 11.4 Å². The number of hydrogen-bond donors (Lipinski definition) is 2. The summed E-state index contributed by atoms with van der Waals surface area (Å²) in [4.78, 5) is 16.4. The summed E-state index contributed by atoms with van der Waals surface area (Å²) in [7, 11) is 0. The van der Waals surface area contributed by atoms with Crippen molar-refractivity contribution in [3.8, 4) is 6.07 Å². The number of rotatable bonds is 3. The van der Waals surface area contributed by atoms with Gasteiger partial charge >= 0.3 is 6.18 Å². The van der Waals surface area contributed by atoms with Crippen molar-refractivity contribution >= 4 is 29.9 Å². The number of piperidine rings is 1. The first-order valence-electron chi connectivity index (χ1n) is 10.8. The number of anilines is 2. The highest BCUT2D eigenvalue weighted by Gasteiger charge is 2.51. The molecule has 9 heteroatoms. The lowest BCUT2D eigenvalue weighted by atomic mass is 9.90. The first-order valence-corrected chi connectivity index (χ1v) is 11.3. The number of alkyl halides is 3. The average molecular weight is 475 g/mol. The summed E-state index contributed by atoms with van der Waals surface area (Å²) in [5.41, 5.74) is -1.36. The zero-order valence-electron chi connectivity index (χ0n) is 18.4. The number of amides is 1. The van der Waals surface area contributed by atoms with Gasteiger partial charge in [-0.25, -0.2) is 0 Å². The van der Waals surface area contributed by atoms with E-state index in [0.717, 1.165) is 43.8 Å². The Hall–Kier alpha value is -2.70. The van der Waals surface area contributed by atoms with Crippen molar-refractivity contribution < 1.29 is 18.0 Å². The van der Waals surface area contributed by atoms with Crippen LogP contribution >= 0.6 is 12.6 Å². The molecule has 2 heterocycles. The van der Waals surface area contributed by atoms with Crippen LogP contribution in [0.1, 0.15) is 49.3 Å². The lowest BCUT2D eigenvalue weighted by Gasteiger charge is -2.34. The molecule has 2 saturated heterocycles. The van der Waals surface area contributed by atoms with Crippen LogP contribution in [0.3, 0.4) is 0 Å². The molecular formula is C24H25F3N4OS. The van der Waals surface area contributed by atoms with Gasteiger partial charge in [-0.2, -0.15) is 18.4 Å². The molecule has 2 aliphatic heterocycles. The summed E-state index contributed by atoms with van der Waals surface area (Å²) < 4.78 is 40.5. The average Bonchev–Trinajstić information content (AvgIpc) is 2.97. The Morgan fingerprint density at radius 1 is 1.09 bits per heavy atom. The number of carbonyl (C=O) groups is 1. The highest BCUT2D eigenvalue weighted by atomic mass is 32.1. The van der Waals surface area contributed by atoms with Crippen molar-refractivity contribution in [1.29, 1.82) is 5.26 Å². The van der Waals surface area contributed by atoms with Crippen LogP contribution in [0.25, 0.3) is 0 Å². The van der Waals surface area contributed by atoms with Crippen molar-refractivity contribution in [3.63, 3.8) is 0 Å². The Kier molecular flexibility index (Phi) is 6.10. The third-order valence-electron chi connectivity index (χ3n) is 6.50. The number of hydrogen-bond acceptors (Lipinski definition) is 5. The predicted molar refractivity (Wildman–Crippen MR) is 124 cm³/mol. The van der Waals surface area contributed by atoms with E-state index < -0.39 is 28.3 Å². The Balaban J connectivity index is 1.68. The van der Waals surface area contributed by atoms with Crippen LogP contribution in [0.5, 0.6) is 0 Å². The van der Waals surface area contributed by atoms with Crippen molar-refractivity contribution in [3.05, 3.63) is 59.2 Å². The Labute approximate surface area is 196 Å².